The second kappa shape index (κ2) is 9.14. The van der Waals surface area contributed by atoms with Gasteiger partial charge in [-0.05, 0) is 46.2 Å². The molecule has 0 aliphatic carbocycles. The minimum absolute atomic E-state index is 0.0761. The summed E-state index contributed by atoms with van der Waals surface area (Å²) in [6.07, 6.45) is 0. The zero-order valence-corrected chi connectivity index (χ0v) is 16.8. The monoisotopic (exact) mass is 396 g/mol. The molecule has 150 valence electrons. The molecule has 4 rings (SSSR count). The van der Waals surface area contributed by atoms with Crippen LogP contribution in [-0.2, 0) is 4.79 Å². The third-order valence-electron chi connectivity index (χ3n) is 5.09. The molecule has 4 nitrogen and oxygen atoms in total. The number of hydrogen-bond acceptors (Lipinski definition) is 3. The van der Waals surface area contributed by atoms with Gasteiger partial charge in [0.1, 0.15) is 5.75 Å². The maximum atomic E-state index is 12.8. The van der Waals surface area contributed by atoms with Crippen molar-refractivity contribution in [3.63, 3.8) is 0 Å². The summed E-state index contributed by atoms with van der Waals surface area (Å²) in [6, 6.07) is 31.8. The van der Waals surface area contributed by atoms with E-state index in [9.17, 15) is 4.79 Å². The predicted octanol–water partition coefficient (Wildman–Crippen LogP) is 5.17. The average Bonchev–Trinajstić information content (AvgIpc) is 2.82. The van der Waals surface area contributed by atoms with E-state index in [1.807, 2.05) is 72.8 Å². The van der Waals surface area contributed by atoms with Gasteiger partial charge in [0.05, 0.1) is 19.7 Å². The molecule has 0 fully saturated rings. The smallest absolute Gasteiger partial charge is 0.240 e. The third-order valence-corrected chi connectivity index (χ3v) is 5.09. The number of hydrogen-bond donors (Lipinski definition) is 2. The van der Waals surface area contributed by atoms with E-state index in [-0.39, 0.29) is 18.5 Å². The van der Waals surface area contributed by atoms with Crippen molar-refractivity contribution in [2.24, 2.45) is 0 Å². The van der Waals surface area contributed by atoms with E-state index in [0.29, 0.717) is 0 Å². The van der Waals surface area contributed by atoms with Gasteiger partial charge in [-0.1, -0.05) is 72.8 Å². The van der Waals surface area contributed by atoms with Gasteiger partial charge in [0, 0.05) is 5.69 Å². The Bertz CT molecular complexity index is 1120. The average molecular weight is 396 g/mol. The quantitative estimate of drug-likeness (QED) is 0.453. The SMILES string of the molecule is COc1ccc([C@H](NC(=O)CNc2ccc3ccccc3c2)c2ccccc2)cc1. The van der Waals surface area contributed by atoms with E-state index in [0.717, 1.165) is 28.0 Å². The van der Waals surface area contributed by atoms with Crippen LogP contribution >= 0.6 is 0 Å². The van der Waals surface area contributed by atoms with Crippen LogP contribution in [0.3, 0.4) is 0 Å². The number of nitrogens with one attached hydrogen (secondary N) is 2. The zero-order chi connectivity index (χ0) is 20.8. The molecule has 0 aliphatic rings. The normalized spacial score (nSPS) is 11.6. The number of benzene rings is 4. The summed E-state index contributed by atoms with van der Waals surface area (Å²) in [5.74, 6) is 0.711. The topological polar surface area (TPSA) is 50.4 Å². The Morgan fingerprint density at radius 3 is 2.20 bits per heavy atom. The van der Waals surface area contributed by atoms with Crippen LogP contribution < -0.4 is 15.4 Å². The van der Waals surface area contributed by atoms with Gasteiger partial charge in [0.25, 0.3) is 0 Å². The number of carbonyl (C=O) groups is 1. The molecule has 0 radical (unpaired) electrons. The van der Waals surface area contributed by atoms with E-state index in [1.165, 1.54) is 5.39 Å². The number of anilines is 1. The van der Waals surface area contributed by atoms with Crippen LogP contribution in [0.25, 0.3) is 10.8 Å². The highest BCUT2D eigenvalue weighted by atomic mass is 16.5. The highest BCUT2D eigenvalue weighted by Gasteiger charge is 2.17. The largest absolute Gasteiger partial charge is 0.497 e. The molecule has 0 saturated carbocycles. The molecular weight excluding hydrogens is 372 g/mol. The first-order valence-electron chi connectivity index (χ1n) is 9.94. The van der Waals surface area contributed by atoms with Gasteiger partial charge in [0.2, 0.25) is 5.91 Å². The van der Waals surface area contributed by atoms with Gasteiger partial charge in [-0.2, -0.15) is 0 Å². The number of ether oxygens (including phenoxy) is 1. The van der Waals surface area contributed by atoms with E-state index < -0.39 is 0 Å². The Morgan fingerprint density at radius 1 is 0.800 bits per heavy atom. The van der Waals surface area contributed by atoms with Crippen molar-refractivity contribution in [1.82, 2.24) is 5.32 Å². The molecule has 30 heavy (non-hydrogen) atoms. The van der Waals surface area contributed by atoms with E-state index in [4.69, 9.17) is 4.74 Å². The summed E-state index contributed by atoms with van der Waals surface area (Å²) in [6.45, 7) is 0.192. The highest BCUT2D eigenvalue weighted by molar-refractivity contribution is 5.87. The fraction of sp³-hybridized carbons (Fsp3) is 0.115. The van der Waals surface area contributed by atoms with Crippen LogP contribution in [0.4, 0.5) is 5.69 Å². The van der Waals surface area contributed by atoms with Crippen LogP contribution in [0.5, 0.6) is 5.75 Å². The maximum Gasteiger partial charge on any atom is 0.240 e. The first-order valence-corrected chi connectivity index (χ1v) is 9.94. The summed E-state index contributed by atoms with van der Waals surface area (Å²) in [4.78, 5) is 12.8. The highest BCUT2D eigenvalue weighted by Crippen LogP contribution is 2.24. The molecule has 0 heterocycles. The zero-order valence-electron chi connectivity index (χ0n) is 16.8. The maximum absolute atomic E-state index is 12.8. The molecule has 0 aromatic heterocycles. The van der Waals surface area contributed by atoms with Crippen LogP contribution in [0.2, 0.25) is 0 Å². The van der Waals surface area contributed by atoms with Crippen LogP contribution in [0.1, 0.15) is 17.2 Å². The number of amides is 1. The predicted molar refractivity (Wildman–Crippen MR) is 122 cm³/mol. The molecule has 0 unspecified atom stereocenters. The van der Waals surface area contributed by atoms with Gasteiger partial charge in [-0.15, -0.1) is 0 Å². The van der Waals surface area contributed by atoms with Crippen molar-refractivity contribution in [1.29, 1.82) is 0 Å². The standard InChI is InChI=1S/C26H24N2O2/c1-30-24-15-12-21(13-16-24)26(20-8-3-2-4-9-20)28-25(29)18-27-23-14-11-19-7-5-6-10-22(19)17-23/h2-17,26-27H,18H2,1H3,(H,28,29)/t26-/m1/s1. The van der Waals surface area contributed by atoms with Crippen molar-refractivity contribution < 1.29 is 9.53 Å². The summed E-state index contributed by atoms with van der Waals surface area (Å²) in [5, 5.41) is 8.70. The van der Waals surface area contributed by atoms with E-state index >= 15 is 0 Å². The summed E-state index contributed by atoms with van der Waals surface area (Å²) in [7, 11) is 1.64. The Morgan fingerprint density at radius 2 is 1.47 bits per heavy atom. The molecule has 0 bridgehead atoms. The molecule has 0 aliphatic heterocycles. The van der Waals surface area contributed by atoms with Crippen molar-refractivity contribution in [2.45, 2.75) is 6.04 Å². The second-order valence-electron chi connectivity index (χ2n) is 7.10. The fourth-order valence-electron chi connectivity index (χ4n) is 3.49. The fourth-order valence-corrected chi connectivity index (χ4v) is 3.49. The van der Waals surface area contributed by atoms with Crippen molar-refractivity contribution in [2.75, 3.05) is 19.0 Å². The Balaban J connectivity index is 1.48. The van der Waals surface area contributed by atoms with E-state index in [2.05, 4.69) is 34.9 Å². The van der Waals surface area contributed by atoms with Crippen molar-refractivity contribution in [3.05, 3.63) is 108 Å². The lowest BCUT2D eigenvalue weighted by molar-refractivity contribution is -0.119. The number of methoxy groups -OCH3 is 1. The Labute approximate surface area is 176 Å². The molecule has 0 spiro atoms. The van der Waals surface area contributed by atoms with Gasteiger partial charge in [-0.3, -0.25) is 4.79 Å². The van der Waals surface area contributed by atoms with Crippen LogP contribution in [0, 0.1) is 0 Å². The summed E-state index contributed by atoms with van der Waals surface area (Å²) < 4.78 is 5.26. The minimum Gasteiger partial charge on any atom is -0.497 e. The summed E-state index contributed by atoms with van der Waals surface area (Å²) >= 11 is 0. The number of fused-ring (bicyclic) bond motifs is 1. The third kappa shape index (κ3) is 4.61. The van der Waals surface area contributed by atoms with Gasteiger partial charge in [-0.25, -0.2) is 0 Å². The summed E-state index contributed by atoms with van der Waals surface area (Å²) in [5.41, 5.74) is 2.95. The van der Waals surface area contributed by atoms with Crippen LogP contribution in [-0.4, -0.2) is 19.6 Å². The molecule has 4 aromatic rings. The van der Waals surface area contributed by atoms with Gasteiger partial charge < -0.3 is 15.4 Å². The first-order chi connectivity index (χ1) is 14.7. The second-order valence-corrected chi connectivity index (χ2v) is 7.10. The lowest BCUT2D eigenvalue weighted by Crippen LogP contribution is -2.33. The molecule has 4 aromatic carbocycles. The molecule has 0 saturated heterocycles. The lowest BCUT2D eigenvalue weighted by Gasteiger charge is -2.20. The molecule has 2 N–H and O–H groups in total. The number of rotatable bonds is 7. The van der Waals surface area contributed by atoms with Crippen molar-refractivity contribution in [3.8, 4) is 5.75 Å². The minimum atomic E-state index is -0.233. The number of carbonyl (C=O) groups excluding carboxylic acids is 1. The van der Waals surface area contributed by atoms with Crippen molar-refractivity contribution >= 4 is 22.4 Å². The Kier molecular flexibility index (Phi) is 5.95. The van der Waals surface area contributed by atoms with Crippen LogP contribution in [0.15, 0.2) is 97.1 Å². The Hall–Kier alpha value is -3.79. The molecule has 1 amide bonds. The molecule has 4 heteroatoms. The molecule has 1 atom stereocenters. The molecular formula is C26H24N2O2. The van der Waals surface area contributed by atoms with E-state index in [1.54, 1.807) is 7.11 Å². The lowest BCUT2D eigenvalue weighted by atomic mass is 9.98. The van der Waals surface area contributed by atoms with Gasteiger partial charge >= 0.3 is 0 Å². The van der Waals surface area contributed by atoms with Gasteiger partial charge in [0.15, 0.2) is 0 Å². The first kappa shape index (κ1) is 19.5.